The summed E-state index contributed by atoms with van der Waals surface area (Å²) >= 11 is 0. The van der Waals surface area contributed by atoms with Gasteiger partial charge in [0.2, 0.25) is 0 Å². The number of benzene rings is 1. The average Bonchev–Trinajstić information content (AvgIpc) is 3.32. The number of hydrogen-bond donors (Lipinski definition) is 0. The van der Waals surface area contributed by atoms with E-state index in [1.54, 1.807) is 6.26 Å². The van der Waals surface area contributed by atoms with Crippen molar-refractivity contribution in [3.8, 4) is 0 Å². The van der Waals surface area contributed by atoms with Crippen LogP contribution in [0.25, 0.3) is 0 Å². The molecular formula is C27H30FNO5. The topological polar surface area (TPSA) is 76.8 Å². The SMILES string of the molecule is O=C(CCC(=O)c1ccc(F)cc1)OCC(=O)N(Cc1ccco1)C12CC3CC(CC(C3)C1)C2. The molecular weight excluding hydrogens is 437 g/mol. The molecule has 0 unspecified atom stereocenters. The second kappa shape index (κ2) is 9.35. The molecule has 180 valence electrons. The van der Waals surface area contributed by atoms with E-state index in [1.807, 2.05) is 17.0 Å². The minimum absolute atomic E-state index is 0.0518. The first-order valence-electron chi connectivity index (χ1n) is 12.2. The van der Waals surface area contributed by atoms with E-state index < -0.39 is 11.8 Å². The molecule has 0 N–H and O–H groups in total. The van der Waals surface area contributed by atoms with Crippen LogP contribution in [0.1, 0.15) is 67.5 Å². The maximum atomic E-state index is 13.4. The number of nitrogens with zero attached hydrogens (tertiary/aromatic N) is 1. The normalized spacial score (nSPS) is 26.9. The van der Waals surface area contributed by atoms with Crippen molar-refractivity contribution < 1.29 is 27.9 Å². The lowest BCUT2D eigenvalue weighted by molar-refractivity contribution is -0.163. The number of furan rings is 1. The van der Waals surface area contributed by atoms with Gasteiger partial charge in [0.15, 0.2) is 12.4 Å². The molecule has 7 heteroatoms. The predicted molar refractivity (Wildman–Crippen MR) is 121 cm³/mol. The first-order valence-corrected chi connectivity index (χ1v) is 12.2. The van der Waals surface area contributed by atoms with Crippen LogP contribution in [0.2, 0.25) is 0 Å². The Balaban J connectivity index is 1.20. The van der Waals surface area contributed by atoms with Gasteiger partial charge in [-0.2, -0.15) is 0 Å². The molecule has 4 saturated carbocycles. The van der Waals surface area contributed by atoms with E-state index in [-0.39, 0.29) is 36.7 Å². The number of Topliss-reactive ketones (excluding diaryl/α,β-unsaturated/α-hetero) is 1. The van der Waals surface area contributed by atoms with Gasteiger partial charge in [-0.3, -0.25) is 14.4 Å². The highest BCUT2D eigenvalue weighted by atomic mass is 19.1. The number of halogens is 1. The second-order valence-corrected chi connectivity index (χ2v) is 10.3. The third kappa shape index (κ3) is 4.79. The first-order chi connectivity index (χ1) is 16.4. The summed E-state index contributed by atoms with van der Waals surface area (Å²) in [6.45, 7) is 0.0324. The lowest BCUT2D eigenvalue weighted by Crippen LogP contribution is -2.61. The van der Waals surface area contributed by atoms with Crippen LogP contribution in [0.4, 0.5) is 4.39 Å². The molecule has 0 atom stereocenters. The summed E-state index contributed by atoms with van der Waals surface area (Å²) < 4.78 is 23.9. The lowest BCUT2D eigenvalue weighted by Gasteiger charge is -2.60. The standard InChI is InChI=1S/C27H30FNO5/c28-22-5-3-21(4-6-22)24(30)7-8-26(32)34-17-25(31)29(16-23-2-1-9-33-23)27-13-18-10-19(14-27)12-20(11-18)15-27/h1-6,9,18-20H,7-8,10-17H2. The molecule has 4 aliphatic carbocycles. The number of amides is 1. The van der Waals surface area contributed by atoms with Gasteiger partial charge in [0.1, 0.15) is 11.6 Å². The van der Waals surface area contributed by atoms with E-state index in [2.05, 4.69) is 0 Å². The Kier molecular flexibility index (Phi) is 6.28. The van der Waals surface area contributed by atoms with Crippen LogP contribution in [-0.2, 0) is 20.9 Å². The molecule has 0 spiro atoms. The van der Waals surface area contributed by atoms with Crippen molar-refractivity contribution in [1.29, 1.82) is 0 Å². The molecule has 4 bridgehead atoms. The molecule has 34 heavy (non-hydrogen) atoms. The quantitative estimate of drug-likeness (QED) is 0.386. The van der Waals surface area contributed by atoms with Crippen molar-refractivity contribution >= 4 is 17.7 Å². The third-order valence-corrected chi connectivity index (χ3v) is 7.85. The largest absolute Gasteiger partial charge is 0.467 e. The van der Waals surface area contributed by atoms with Crippen molar-refractivity contribution in [2.75, 3.05) is 6.61 Å². The van der Waals surface area contributed by atoms with E-state index in [0.717, 1.165) is 25.0 Å². The molecule has 2 aromatic rings. The summed E-state index contributed by atoms with van der Waals surface area (Å²) in [6, 6.07) is 8.89. The fourth-order valence-corrected chi connectivity index (χ4v) is 6.76. The van der Waals surface area contributed by atoms with E-state index in [4.69, 9.17) is 9.15 Å². The highest BCUT2D eigenvalue weighted by molar-refractivity contribution is 5.97. The highest BCUT2D eigenvalue weighted by Gasteiger charge is 2.54. The third-order valence-electron chi connectivity index (χ3n) is 7.85. The molecule has 1 amide bonds. The van der Waals surface area contributed by atoms with Gasteiger partial charge in [-0.05, 0) is 92.7 Å². The van der Waals surface area contributed by atoms with Crippen molar-refractivity contribution in [3.63, 3.8) is 0 Å². The Hall–Kier alpha value is -2.96. The number of rotatable bonds is 9. The molecule has 0 saturated heterocycles. The predicted octanol–water partition coefficient (Wildman–Crippen LogP) is 4.92. The first kappa shape index (κ1) is 22.8. The molecule has 0 radical (unpaired) electrons. The van der Waals surface area contributed by atoms with Gasteiger partial charge < -0.3 is 14.1 Å². The van der Waals surface area contributed by atoms with Crippen LogP contribution in [0.3, 0.4) is 0 Å². The van der Waals surface area contributed by atoms with Crippen LogP contribution < -0.4 is 0 Å². The fraction of sp³-hybridized carbons (Fsp3) is 0.519. The molecule has 0 aliphatic heterocycles. The average molecular weight is 468 g/mol. The molecule has 6 nitrogen and oxygen atoms in total. The van der Waals surface area contributed by atoms with E-state index >= 15 is 0 Å². The Bertz CT molecular complexity index is 1010. The van der Waals surface area contributed by atoms with Gasteiger partial charge in [0, 0.05) is 17.5 Å². The minimum Gasteiger partial charge on any atom is -0.467 e. The summed E-state index contributed by atoms with van der Waals surface area (Å²) in [5.74, 6) is 1.22. The van der Waals surface area contributed by atoms with Crippen LogP contribution in [0.15, 0.2) is 47.1 Å². The van der Waals surface area contributed by atoms with Gasteiger partial charge in [-0.1, -0.05) is 0 Å². The maximum absolute atomic E-state index is 13.4. The van der Waals surface area contributed by atoms with Crippen LogP contribution in [0, 0.1) is 23.6 Å². The van der Waals surface area contributed by atoms with Crippen LogP contribution in [0.5, 0.6) is 0 Å². The number of hydrogen-bond acceptors (Lipinski definition) is 5. The monoisotopic (exact) mass is 467 g/mol. The summed E-state index contributed by atoms with van der Waals surface area (Å²) in [5.41, 5.74) is 0.153. The smallest absolute Gasteiger partial charge is 0.306 e. The number of carbonyl (C=O) groups is 3. The van der Waals surface area contributed by atoms with Gasteiger partial charge in [0.25, 0.3) is 5.91 Å². The van der Waals surface area contributed by atoms with E-state index in [9.17, 15) is 18.8 Å². The number of ether oxygens (including phenoxy) is 1. The lowest BCUT2D eigenvalue weighted by atomic mass is 9.52. The summed E-state index contributed by atoms with van der Waals surface area (Å²) in [7, 11) is 0. The zero-order chi connectivity index (χ0) is 23.7. The summed E-state index contributed by atoms with van der Waals surface area (Å²) in [6.07, 6.45) is 8.23. The van der Waals surface area contributed by atoms with E-state index in [1.165, 1.54) is 43.5 Å². The number of ketones is 1. The maximum Gasteiger partial charge on any atom is 0.306 e. The highest BCUT2D eigenvalue weighted by Crippen LogP contribution is 2.58. The van der Waals surface area contributed by atoms with Gasteiger partial charge in [-0.15, -0.1) is 0 Å². The molecule has 1 heterocycles. The van der Waals surface area contributed by atoms with Gasteiger partial charge in [0.05, 0.1) is 19.2 Å². The molecule has 4 aliphatic rings. The van der Waals surface area contributed by atoms with Gasteiger partial charge >= 0.3 is 5.97 Å². The minimum atomic E-state index is -0.590. The second-order valence-electron chi connectivity index (χ2n) is 10.3. The van der Waals surface area contributed by atoms with E-state index in [0.29, 0.717) is 29.9 Å². The zero-order valence-corrected chi connectivity index (χ0v) is 19.2. The summed E-state index contributed by atoms with van der Waals surface area (Å²) in [5, 5.41) is 0. The van der Waals surface area contributed by atoms with Crippen LogP contribution in [-0.4, -0.2) is 34.7 Å². The summed E-state index contributed by atoms with van der Waals surface area (Å²) in [4.78, 5) is 39.8. The van der Waals surface area contributed by atoms with Crippen molar-refractivity contribution in [2.24, 2.45) is 17.8 Å². The Morgan fingerprint density at radius 3 is 2.21 bits per heavy atom. The number of esters is 1. The molecule has 6 rings (SSSR count). The van der Waals surface area contributed by atoms with Crippen molar-refractivity contribution in [2.45, 2.75) is 63.5 Å². The Labute approximate surface area is 198 Å². The fourth-order valence-electron chi connectivity index (χ4n) is 6.76. The zero-order valence-electron chi connectivity index (χ0n) is 19.2. The molecule has 1 aromatic heterocycles. The molecule has 1 aromatic carbocycles. The Morgan fingerprint density at radius 1 is 0.971 bits per heavy atom. The van der Waals surface area contributed by atoms with Crippen molar-refractivity contribution in [1.82, 2.24) is 4.90 Å². The van der Waals surface area contributed by atoms with Gasteiger partial charge in [-0.25, -0.2) is 4.39 Å². The Morgan fingerprint density at radius 2 is 1.62 bits per heavy atom. The number of carbonyl (C=O) groups excluding carboxylic acids is 3. The van der Waals surface area contributed by atoms with Crippen LogP contribution >= 0.6 is 0 Å². The molecule has 4 fully saturated rings. The van der Waals surface area contributed by atoms with Crippen molar-refractivity contribution in [3.05, 3.63) is 59.8 Å².